The number of hydrogen-bond donors (Lipinski definition) is 1. The number of hydrogen-bond acceptors (Lipinski definition) is 10. The summed E-state index contributed by atoms with van der Waals surface area (Å²) in [5, 5.41) is 5.32. The zero-order chi connectivity index (χ0) is 27.1. The lowest BCUT2D eigenvalue weighted by Gasteiger charge is -2.48. The second kappa shape index (κ2) is 9.85. The molecule has 12 heteroatoms. The molecule has 1 saturated heterocycles. The number of ether oxygens (including phenoxy) is 2. The number of esters is 2. The fraction of sp³-hybridized carbons (Fsp3) is 0.360. The first-order valence-corrected chi connectivity index (χ1v) is 12.2. The smallest absolute Gasteiger partial charge is 0.358 e. The summed E-state index contributed by atoms with van der Waals surface area (Å²) < 4.78 is 15.2. The molecular formula is C25H25N3O8S. The lowest BCUT2D eigenvalue weighted by atomic mass is 9.98. The molecule has 1 N–H and O–H groups in total. The van der Waals surface area contributed by atoms with Crippen molar-refractivity contribution in [3.8, 4) is 11.3 Å². The highest BCUT2D eigenvalue weighted by Crippen LogP contribution is 2.41. The van der Waals surface area contributed by atoms with Gasteiger partial charge in [0.15, 0.2) is 0 Å². The molecule has 0 spiro atoms. The van der Waals surface area contributed by atoms with Crippen LogP contribution >= 0.6 is 11.8 Å². The Morgan fingerprint density at radius 2 is 1.78 bits per heavy atom. The van der Waals surface area contributed by atoms with E-state index in [2.05, 4.69) is 10.5 Å². The number of nitrogens with zero attached hydrogens (tertiary/aromatic N) is 2. The van der Waals surface area contributed by atoms with Crippen LogP contribution in [0.15, 0.2) is 46.1 Å². The van der Waals surface area contributed by atoms with E-state index in [0.29, 0.717) is 11.3 Å². The van der Waals surface area contributed by atoms with Crippen molar-refractivity contribution in [3.63, 3.8) is 0 Å². The van der Waals surface area contributed by atoms with E-state index in [1.165, 1.54) is 6.92 Å². The van der Waals surface area contributed by atoms with E-state index in [-0.39, 0.29) is 22.6 Å². The number of carbonyl (C=O) groups excluding carboxylic acids is 5. The van der Waals surface area contributed by atoms with Crippen molar-refractivity contribution in [1.82, 2.24) is 15.4 Å². The van der Waals surface area contributed by atoms with Crippen LogP contribution in [0.1, 0.15) is 43.8 Å². The van der Waals surface area contributed by atoms with Gasteiger partial charge >= 0.3 is 11.9 Å². The summed E-state index contributed by atoms with van der Waals surface area (Å²) in [5.74, 6) is -2.50. The molecule has 4 rings (SSSR count). The van der Waals surface area contributed by atoms with E-state index >= 15 is 0 Å². The number of thioether (sulfide) groups is 1. The standard InChI is InChI=1S/C25H25N3O8S/c1-12-18(22(31)34-11-35-24(33)25(3,4)5)28-20(30)17(21(28)37-23(12)32)26-19(29)15-13(2)36-27-16(15)14-9-7-6-8-10-14/h6-10,17,21H,11H2,1-5H3,(H,26,29)/t17?,21-/m0/s1. The number of carbonyl (C=O) groups is 5. The molecule has 3 heterocycles. The molecule has 2 atom stereocenters. The van der Waals surface area contributed by atoms with Gasteiger partial charge in [0.25, 0.3) is 11.8 Å². The molecule has 11 nitrogen and oxygen atoms in total. The van der Waals surface area contributed by atoms with E-state index in [0.717, 1.165) is 16.7 Å². The predicted molar refractivity (Wildman–Crippen MR) is 130 cm³/mol. The Morgan fingerprint density at radius 3 is 2.43 bits per heavy atom. The van der Waals surface area contributed by atoms with Gasteiger partial charge in [0.1, 0.15) is 34.1 Å². The van der Waals surface area contributed by atoms with Gasteiger partial charge in [-0.3, -0.25) is 24.1 Å². The van der Waals surface area contributed by atoms with Crippen LogP contribution < -0.4 is 5.32 Å². The van der Waals surface area contributed by atoms with Crippen molar-refractivity contribution < 1.29 is 38.0 Å². The molecule has 2 aliphatic heterocycles. The van der Waals surface area contributed by atoms with Gasteiger partial charge in [-0.2, -0.15) is 0 Å². The van der Waals surface area contributed by atoms with E-state index in [1.54, 1.807) is 52.0 Å². The van der Waals surface area contributed by atoms with Crippen molar-refractivity contribution in [2.75, 3.05) is 6.79 Å². The molecule has 0 bridgehead atoms. The summed E-state index contributed by atoms with van der Waals surface area (Å²) in [7, 11) is 0. The molecule has 0 saturated carbocycles. The number of aromatic nitrogens is 1. The topological polar surface area (TPSA) is 145 Å². The van der Waals surface area contributed by atoms with Gasteiger partial charge in [-0.15, -0.1) is 0 Å². The average Bonchev–Trinajstić information content (AvgIpc) is 3.25. The van der Waals surface area contributed by atoms with E-state index in [4.69, 9.17) is 14.0 Å². The number of nitrogens with one attached hydrogen (secondary N) is 1. The van der Waals surface area contributed by atoms with Gasteiger partial charge in [-0.05, 0) is 34.6 Å². The normalized spacial score (nSPS) is 19.2. The lowest BCUT2D eigenvalue weighted by molar-refractivity contribution is -0.173. The molecule has 1 aromatic heterocycles. The van der Waals surface area contributed by atoms with Crippen molar-refractivity contribution in [2.24, 2.45) is 5.41 Å². The van der Waals surface area contributed by atoms with Crippen LogP contribution in [0, 0.1) is 12.3 Å². The molecule has 0 radical (unpaired) electrons. The first-order valence-electron chi connectivity index (χ1n) is 11.3. The molecule has 2 amide bonds. The Labute approximate surface area is 216 Å². The van der Waals surface area contributed by atoms with Gasteiger partial charge in [0.05, 0.1) is 5.41 Å². The number of β-lactam (4-membered cyclic amide) rings is 1. The second-order valence-corrected chi connectivity index (χ2v) is 10.6. The fourth-order valence-corrected chi connectivity index (χ4v) is 4.88. The van der Waals surface area contributed by atoms with Crippen molar-refractivity contribution >= 4 is 40.6 Å². The molecular weight excluding hydrogens is 502 g/mol. The molecule has 37 heavy (non-hydrogen) atoms. The van der Waals surface area contributed by atoms with Crippen molar-refractivity contribution in [1.29, 1.82) is 0 Å². The third-order valence-corrected chi connectivity index (χ3v) is 7.03. The number of aryl methyl sites for hydroxylation is 1. The highest BCUT2D eigenvalue weighted by atomic mass is 32.2. The Kier molecular flexibility index (Phi) is 6.96. The minimum Gasteiger partial charge on any atom is -0.427 e. The highest BCUT2D eigenvalue weighted by molar-refractivity contribution is 8.14. The highest BCUT2D eigenvalue weighted by Gasteiger charge is 2.56. The molecule has 2 aliphatic rings. The van der Waals surface area contributed by atoms with Crippen LogP contribution in [0.2, 0.25) is 0 Å². The second-order valence-electron chi connectivity index (χ2n) is 9.49. The van der Waals surface area contributed by atoms with Gasteiger partial charge in [0, 0.05) is 11.1 Å². The third kappa shape index (κ3) is 4.88. The molecule has 2 aromatic rings. The maximum Gasteiger partial charge on any atom is 0.358 e. The Bertz CT molecular complexity index is 1330. The van der Waals surface area contributed by atoms with Crippen LogP contribution in [-0.4, -0.2) is 57.1 Å². The molecule has 194 valence electrons. The Hall–Kier alpha value is -3.93. The maximum absolute atomic E-state index is 13.2. The van der Waals surface area contributed by atoms with Crippen molar-refractivity contribution in [3.05, 3.63) is 52.9 Å². The zero-order valence-corrected chi connectivity index (χ0v) is 21.6. The summed E-state index contributed by atoms with van der Waals surface area (Å²) in [4.78, 5) is 64.6. The van der Waals surface area contributed by atoms with Gasteiger partial charge in [-0.1, -0.05) is 47.3 Å². The first-order chi connectivity index (χ1) is 17.4. The summed E-state index contributed by atoms with van der Waals surface area (Å²) in [5.41, 5.74) is 0.110. The SMILES string of the molecule is CC1=C(C(=O)OCOC(=O)C(C)(C)C)N2C(=O)C(NC(=O)c3c(-c4ccccc4)noc3C)[C@@H]2SC1=O. The van der Waals surface area contributed by atoms with Gasteiger partial charge < -0.3 is 19.3 Å². The summed E-state index contributed by atoms with van der Waals surface area (Å²) >= 11 is 0.815. The summed E-state index contributed by atoms with van der Waals surface area (Å²) in [6.07, 6.45) is 0. The molecule has 1 aromatic carbocycles. The fourth-order valence-electron chi connectivity index (χ4n) is 3.75. The van der Waals surface area contributed by atoms with E-state index < -0.39 is 52.5 Å². The summed E-state index contributed by atoms with van der Waals surface area (Å²) in [6, 6.07) is 7.86. The molecule has 1 fully saturated rings. The van der Waals surface area contributed by atoms with Crippen LogP contribution in [0.4, 0.5) is 0 Å². The molecule has 1 unspecified atom stereocenters. The number of amides is 2. The van der Waals surface area contributed by atoms with Crippen LogP contribution in [0.3, 0.4) is 0 Å². The molecule has 0 aliphatic carbocycles. The number of benzene rings is 1. The van der Waals surface area contributed by atoms with Crippen LogP contribution in [0.25, 0.3) is 11.3 Å². The van der Waals surface area contributed by atoms with Crippen molar-refractivity contribution in [2.45, 2.75) is 46.0 Å². The number of fused-ring (bicyclic) bond motifs is 1. The monoisotopic (exact) mass is 527 g/mol. The van der Waals surface area contributed by atoms with Gasteiger partial charge in [-0.25, -0.2) is 4.79 Å². The van der Waals surface area contributed by atoms with E-state index in [1.807, 2.05) is 6.07 Å². The first kappa shape index (κ1) is 26.1. The average molecular weight is 528 g/mol. The van der Waals surface area contributed by atoms with Gasteiger partial charge in [0.2, 0.25) is 11.9 Å². The quantitative estimate of drug-likeness (QED) is 0.338. The lowest BCUT2D eigenvalue weighted by Crippen LogP contribution is -2.71. The number of rotatable bonds is 6. The predicted octanol–water partition coefficient (Wildman–Crippen LogP) is 2.55. The minimum atomic E-state index is -1.08. The summed E-state index contributed by atoms with van der Waals surface area (Å²) in [6.45, 7) is 7.23. The van der Waals surface area contributed by atoms with Crippen LogP contribution in [-0.2, 0) is 28.7 Å². The zero-order valence-electron chi connectivity index (χ0n) is 20.8. The Balaban J connectivity index is 1.48. The Morgan fingerprint density at radius 1 is 1.11 bits per heavy atom. The minimum absolute atomic E-state index is 0.0211. The van der Waals surface area contributed by atoms with E-state index in [9.17, 15) is 24.0 Å². The maximum atomic E-state index is 13.2. The third-order valence-electron chi connectivity index (χ3n) is 5.78. The largest absolute Gasteiger partial charge is 0.427 e. The van der Waals surface area contributed by atoms with Crippen LogP contribution in [0.5, 0.6) is 0 Å².